The Morgan fingerprint density at radius 2 is 0.632 bits per heavy atom. The van der Waals surface area contributed by atoms with Crippen LogP contribution in [-0.4, -0.2) is 29.6 Å². The van der Waals surface area contributed by atoms with Crippen LogP contribution in [0.2, 0.25) is 25.7 Å². The topological polar surface area (TPSA) is 13.0 Å². The highest BCUT2D eigenvalue weighted by Crippen LogP contribution is 2.48. The molecule has 6 aliphatic heterocycles. The largest absolute Gasteiger partial charge is 0.311 e. The van der Waals surface area contributed by atoms with Crippen molar-refractivity contribution < 1.29 is 0 Å². The molecule has 76 heavy (non-hydrogen) atoms. The number of nitrogens with zero attached hydrogens (tertiary/aromatic N) is 4. The molecule has 0 amide bonds. The maximum absolute atomic E-state index is 2.73. The minimum absolute atomic E-state index is 0.118. The van der Waals surface area contributed by atoms with Crippen LogP contribution < -0.4 is 73.1 Å². The van der Waals surface area contributed by atoms with Crippen molar-refractivity contribution in [2.45, 2.75) is 52.9 Å². The predicted molar refractivity (Wildman–Crippen MR) is 331 cm³/mol. The van der Waals surface area contributed by atoms with Gasteiger partial charge in [0.05, 0.1) is 0 Å². The molecule has 0 radical (unpaired) electrons. The van der Waals surface area contributed by atoms with Gasteiger partial charge in [0, 0.05) is 68.2 Å². The molecule has 4 nitrogen and oxygen atoms in total. The molecule has 6 heterocycles. The summed E-state index contributed by atoms with van der Waals surface area (Å²) in [6.07, 6.45) is 0.945. The summed E-state index contributed by atoms with van der Waals surface area (Å²) in [6, 6.07) is 80.7. The van der Waals surface area contributed by atoms with Crippen LogP contribution in [0.4, 0.5) is 68.2 Å². The molecule has 10 aromatic carbocycles. The number of aryl methyl sites for hydroxylation is 4. The molecule has 0 unspecified atom stereocenters. The van der Waals surface area contributed by atoms with E-state index in [0.717, 1.165) is 12.5 Å². The van der Waals surface area contributed by atoms with Crippen molar-refractivity contribution in [1.29, 1.82) is 0 Å². The van der Waals surface area contributed by atoms with Crippen LogP contribution in [0.25, 0.3) is 0 Å². The first-order valence-corrected chi connectivity index (χ1v) is 33.1. The van der Waals surface area contributed by atoms with Gasteiger partial charge in [-0.25, -0.2) is 0 Å². The standard InChI is InChI=1S/C68H56B2N4Si2/c1-43-35-53-63-54(36-43)74(50-27-17-10-18-28-50)56-38-45(3)40-62-68(56)70(63)67-55(73(53)49-25-15-9-16-26-49)37-44(2)39-61(67)76(62,6)34-33-46-41-57-64-58(42-46)72(48-23-13-8-14-24-48)52-30-20-32-60-66(52)69(64)65-51(29-19-31-59(65)75(60,4)5)71(57)47-21-11-7-12-22-47/h7-32,35-42H,33-34H2,1-6H3. The Bertz CT molecular complexity index is 3880. The molecule has 0 spiro atoms. The van der Waals surface area contributed by atoms with E-state index in [2.05, 4.69) is 266 Å². The summed E-state index contributed by atoms with van der Waals surface area (Å²) in [7, 11) is -4.73. The van der Waals surface area contributed by atoms with Crippen molar-refractivity contribution in [2.24, 2.45) is 0 Å². The van der Waals surface area contributed by atoms with Gasteiger partial charge in [0.15, 0.2) is 0 Å². The lowest BCUT2D eigenvalue weighted by Crippen LogP contribution is -2.80. The molecular formula is C68H56B2N4Si2. The lowest BCUT2D eigenvalue weighted by atomic mass is 9.33. The SMILES string of the molecule is Cc1cc2c3c(c1)N(c1ccccc1)c1cc(C)cc4c1B3c1c(cc(C)cc1[Si]4(C)CCc1cc3c4c(c1)N(c1ccccc1)c1cccc5c1B4c1c(cccc1[Si]5(C)C)N3c1ccccc1)N2c1ccccc1. The summed E-state index contributed by atoms with van der Waals surface area (Å²) >= 11 is 0. The van der Waals surface area contributed by atoms with Gasteiger partial charge in [-0.1, -0.05) is 150 Å². The second-order valence-electron chi connectivity index (χ2n) is 23.2. The van der Waals surface area contributed by atoms with Crippen molar-refractivity contribution in [3.63, 3.8) is 0 Å². The van der Waals surface area contributed by atoms with E-state index >= 15 is 0 Å². The van der Waals surface area contributed by atoms with Crippen LogP contribution in [0.5, 0.6) is 0 Å². The number of rotatable bonds is 7. The molecule has 0 bridgehead atoms. The molecule has 362 valence electrons. The van der Waals surface area contributed by atoms with Gasteiger partial charge in [-0.05, 0) is 185 Å². The van der Waals surface area contributed by atoms with Gasteiger partial charge in [-0.2, -0.15) is 0 Å². The van der Waals surface area contributed by atoms with Crippen molar-refractivity contribution in [3.05, 3.63) is 229 Å². The van der Waals surface area contributed by atoms with Crippen molar-refractivity contribution in [3.8, 4) is 0 Å². The fourth-order valence-electron chi connectivity index (χ4n) is 15.3. The molecule has 10 aromatic rings. The first-order chi connectivity index (χ1) is 37.1. The van der Waals surface area contributed by atoms with E-state index in [1.54, 1.807) is 20.7 Å². The Morgan fingerprint density at radius 3 is 1.01 bits per heavy atom. The van der Waals surface area contributed by atoms with Crippen LogP contribution in [0, 0.1) is 20.8 Å². The summed E-state index contributed by atoms with van der Waals surface area (Å²) in [5.41, 5.74) is 29.6. The van der Waals surface area contributed by atoms with E-state index in [-0.39, 0.29) is 13.4 Å². The second-order valence-corrected chi connectivity index (χ2v) is 31.8. The molecule has 0 atom stereocenters. The van der Waals surface area contributed by atoms with Gasteiger partial charge >= 0.3 is 0 Å². The maximum atomic E-state index is 2.73. The quantitative estimate of drug-likeness (QED) is 0.148. The molecule has 0 fully saturated rings. The molecule has 0 aliphatic carbocycles. The summed E-state index contributed by atoms with van der Waals surface area (Å²) < 4.78 is 0. The van der Waals surface area contributed by atoms with Crippen molar-refractivity contribution in [1.82, 2.24) is 0 Å². The molecule has 0 N–H and O–H groups in total. The number of hydrogen-bond acceptors (Lipinski definition) is 4. The minimum atomic E-state index is -2.61. The molecule has 0 aromatic heterocycles. The Morgan fingerprint density at radius 1 is 0.316 bits per heavy atom. The third-order valence-electron chi connectivity index (χ3n) is 18.4. The van der Waals surface area contributed by atoms with E-state index in [9.17, 15) is 0 Å². The average molecular weight is 1010 g/mol. The predicted octanol–water partition coefficient (Wildman–Crippen LogP) is 10.7. The zero-order valence-corrected chi connectivity index (χ0v) is 46.0. The number of benzene rings is 10. The normalized spacial score (nSPS) is 15.7. The van der Waals surface area contributed by atoms with Gasteiger partial charge in [-0.3, -0.25) is 0 Å². The smallest absolute Gasteiger partial charge is 0.251 e. The van der Waals surface area contributed by atoms with Crippen LogP contribution in [-0.2, 0) is 6.42 Å². The van der Waals surface area contributed by atoms with Crippen molar-refractivity contribution in [2.75, 3.05) is 19.6 Å². The summed E-state index contributed by atoms with van der Waals surface area (Å²) in [5.74, 6) is 0. The summed E-state index contributed by atoms with van der Waals surface area (Å²) in [6.45, 7) is 15.1. The van der Waals surface area contributed by atoms with Crippen molar-refractivity contribution >= 4 is 151 Å². The van der Waals surface area contributed by atoms with Crippen LogP contribution in [0.3, 0.4) is 0 Å². The minimum Gasteiger partial charge on any atom is -0.311 e. The highest BCUT2D eigenvalue weighted by atomic mass is 28.3. The monoisotopic (exact) mass is 1010 g/mol. The Hall–Kier alpha value is -8.04. The number of anilines is 12. The maximum Gasteiger partial charge on any atom is 0.251 e. The molecule has 8 heteroatoms. The third kappa shape index (κ3) is 5.86. The van der Waals surface area contributed by atoms with E-state index < -0.39 is 16.1 Å². The molecule has 0 saturated heterocycles. The van der Waals surface area contributed by atoms with E-state index in [1.807, 2.05) is 0 Å². The van der Waals surface area contributed by atoms with E-state index in [4.69, 9.17) is 0 Å². The number of para-hydroxylation sites is 4. The van der Waals surface area contributed by atoms with Crippen LogP contribution in [0.1, 0.15) is 22.3 Å². The van der Waals surface area contributed by atoms with Gasteiger partial charge in [0.2, 0.25) is 0 Å². The summed E-state index contributed by atoms with van der Waals surface area (Å²) in [4.78, 5) is 10.5. The van der Waals surface area contributed by atoms with E-state index in [0.29, 0.717) is 0 Å². The fourth-order valence-corrected chi connectivity index (χ4v) is 23.0. The molecule has 16 rings (SSSR count). The first-order valence-electron chi connectivity index (χ1n) is 27.4. The van der Waals surface area contributed by atoms with Gasteiger partial charge < -0.3 is 19.6 Å². The number of hydrogen-bond donors (Lipinski definition) is 0. The molecule has 6 aliphatic rings. The van der Waals surface area contributed by atoms with Crippen LogP contribution >= 0.6 is 0 Å². The lowest BCUT2D eigenvalue weighted by Gasteiger charge is -2.51. The van der Waals surface area contributed by atoms with Gasteiger partial charge in [0.1, 0.15) is 16.1 Å². The Balaban J connectivity index is 0.943. The highest BCUT2D eigenvalue weighted by Gasteiger charge is 2.55. The van der Waals surface area contributed by atoms with Gasteiger partial charge in [0.25, 0.3) is 13.4 Å². The Labute approximate surface area is 449 Å². The fraction of sp³-hybridized carbons (Fsp3) is 0.118. The first kappa shape index (κ1) is 44.3. The average Bonchev–Trinajstić information content (AvgIpc) is 3.33. The van der Waals surface area contributed by atoms with Crippen LogP contribution in [0.15, 0.2) is 206 Å². The zero-order valence-electron chi connectivity index (χ0n) is 44.0. The summed E-state index contributed by atoms with van der Waals surface area (Å²) in [5, 5.41) is 6.31. The Kier molecular flexibility index (Phi) is 9.18. The second kappa shape index (κ2) is 15.8. The molecular weight excluding hydrogens is 951 g/mol. The zero-order chi connectivity index (χ0) is 50.9. The highest BCUT2D eigenvalue weighted by molar-refractivity contribution is 7.17. The van der Waals surface area contributed by atoms with E-state index in [1.165, 1.54) is 123 Å². The molecule has 0 saturated carbocycles. The van der Waals surface area contributed by atoms with Gasteiger partial charge in [-0.15, -0.1) is 0 Å². The lowest BCUT2D eigenvalue weighted by molar-refractivity contribution is 1.10. The third-order valence-corrected chi connectivity index (χ3v) is 26.4.